The topological polar surface area (TPSA) is 104 Å². The summed E-state index contributed by atoms with van der Waals surface area (Å²) in [4.78, 5) is 20.1. The molecule has 0 saturated carbocycles. The second-order valence-corrected chi connectivity index (χ2v) is 9.03. The summed E-state index contributed by atoms with van der Waals surface area (Å²) < 4.78 is 27.1. The largest absolute Gasteiger partial charge is 0.351 e. The summed E-state index contributed by atoms with van der Waals surface area (Å²) in [7, 11) is -3.54. The number of rotatable bonds is 9. The van der Waals surface area contributed by atoms with Crippen LogP contribution in [-0.4, -0.2) is 36.1 Å². The summed E-state index contributed by atoms with van der Waals surface area (Å²) in [5.41, 5.74) is 3.62. The van der Waals surface area contributed by atoms with Gasteiger partial charge in [-0.2, -0.15) is 0 Å². The first-order valence-corrected chi connectivity index (χ1v) is 11.3. The number of aryl methyl sites for hydroxylation is 1. The van der Waals surface area contributed by atoms with Crippen molar-refractivity contribution in [3.05, 3.63) is 65.5 Å². The van der Waals surface area contributed by atoms with Crippen LogP contribution < -0.4 is 10.0 Å². The van der Waals surface area contributed by atoms with Gasteiger partial charge in [-0.3, -0.25) is 4.79 Å². The number of benzene rings is 1. The van der Waals surface area contributed by atoms with E-state index in [9.17, 15) is 13.2 Å². The van der Waals surface area contributed by atoms with Crippen molar-refractivity contribution in [1.29, 1.82) is 0 Å². The molecule has 3 N–H and O–H groups in total. The molecule has 1 aromatic carbocycles. The third-order valence-electron chi connectivity index (χ3n) is 4.60. The molecule has 0 bridgehead atoms. The average molecular weight is 415 g/mol. The van der Waals surface area contributed by atoms with Gasteiger partial charge < -0.3 is 10.3 Å². The third-order valence-corrected chi connectivity index (χ3v) is 6.18. The van der Waals surface area contributed by atoms with Crippen molar-refractivity contribution >= 4 is 27.0 Å². The molecule has 0 spiro atoms. The number of H-pyrrole nitrogens is 1. The molecule has 1 amide bonds. The molecule has 0 radical (unpaired) electrons. The fourth-order valence-corrected chi connectivity index (χ4v) is 4.37. The minimum atomic E-state index is -3.54. The maximum absolute atomic E-state index is 12.8. The Balaban J connectivity index is 1.72. The van der Waals surface area contributed by atoms with Crippen molar-refractivity contribution in [3.63, 3.8) is 0 Å². The lowest BCUT2D eigenvalue weighted by Gasteiger charge is -2.19. The molecule has 2 aromatic heterocycles. The zero-order valence-corrected chi connectivity index (χ0v) is 17.4. The molecule has 29 heavy (non-hydrogen) atoms. The van der Waals surface area contributed by atoms with Crippen molar-refractivity contribution in [2.75, 3.05) is 5.75 Å². The normalized spacial score (nSPS) is 12.8. The van der Waals surface area contributed by atoms with Gasteiger partial charge in [-0.05, 0) is 43.0 Å². The molecule has 1 atom stereocenters. The first-order valence-electron chi connectivity index (χ1n) is 9.61. The van der Waals surface area contributed by atoms with E-state index in [1.807, 2.05) is 43.3 Å². The number of pyridine rings is 1. The number of sulfonamides is 1. The van der Waals surface area contributed by atoms with Gasteiger partial charge >= 0.3 is 0 Å². The molecule has 0 saturated heterocycles. The van der Waals surface area contributed by atoms with Crippen molar-refractivity contribution < 1.29 is 13.2 Å². The fourth-order valence-electron chi connectivity index (χ4n) is 3.09. The van der Waals surface area contributed by atoms with E-state index in [0.717, 1.165) is 27.7 Å². The van der Waals surface area contributed by atoms with Gasteiger partial charge in [0.05, 0.1) is 5.75 Å². The van der Waals surface area contributed by atoms with Gasteiger partial charge in [-0.25, -0.2) is 18.1 Å². The molecule has 0 fully saturated rings. The standard InChI is InChI=1S/C21H26N4O3S/c1-3-10-29(27,28)25-19(12-16-6-4-15(2)5-7-16)21(26)24-14-17-11-18-8-9-22-20(18)23-13-17/h4-9,11,13,19,25H,3,10,12,14H2,1-2H3,(H,22,23)(H,24,26). The highest BCUT2D eigenvalue weighted by molar-refractivity contribution is 7.89. The number of amides is 1. The van der Waals surface area contributed by atoms with E-state index >= 15 is 0 Å². The Morgan fingerprint density at radius 3 is 2.66 bits per heavy atom. The van der Waals surface area contributed by atoms with E-state index < -0.39 is 16.1 Å². The van der Waals surface area contributed by atoms with E-state index in [2.05, 4.69) is 20.0 Å². The maximum atomic E-state index is 12.8. The number of nitrogens with one attached hydrogen (secondary N) is 3. The minimum absolute atomic E-state index is 0.0151. The molecular formula is C21H26N4O3S. The Bertz CT molecular complexity index is 1070. The molecule has 154 valence electrons. The van der Waals surface area contributed by atoms with Crippen LogP contribution in [0.4, 0.5) is 0 Å². The molecule has 0 aliphatic carbocycles. The van der Waals surface area contributed by atoms with E-state index in [1.165, 1.54) is 0 Å². The summed E-state index contributed by atoms with van der Waals surface area (Å²) in [5, 5.41) is 3.79. The van der Waals surface area contributed by atoms with Gasteiger partial charge in [0.25, 0.3) is 0 Å². The Morgan fingerprint density at radius 1 is 1.17 bits per heavy atom. The number of carbonyl (C=O) groups is 1. The number of aromatic nitrogens is 2. The molecule has 7 nitrogen and oxygen atoms in total. The highest BCUT2D eigenvalue weighted by atomic mass is 32.2. The van der Waals surface area contributed by atoms with Gasteiger partial charge in [0.1, 0.15) is 11.7 Å². The van der Waals surface area contributed by atoms with Crippen LogP contribution in [0.3, 0.4) is 0 Å². The number of fused-ring (bicyclic) bond motifs is 1. The number of aromatic amines is 1. The lowest BCUT2D eigenvalue weighted by atomic mass is 10.0. The molecule has 0 aliphatic rings. The number of carbonyl (C=O) groups excluding carboxylic acids is 1. The van der Waals surface area contributed by atoms with Crippen molar-refractivity contribution in [1.82, 2.24) is 20.0 Å². The fraction of sp³-hybridized carbons (Fsp3) is 0.333. The van der Waals surface area contributed by atoms with Crippen LogP contribution in [0.1, 0.15) is 30.0 Å². The number of hydrogen-bond donors (Lipinski definition) is 3. The molecule has 3 rings (SSSR count). The van der Waals surface area contributed by atoms with Gasteiger partial charge in [0, 0.05) is 24.3 Å². The zero-order chi connectivity index (χ0) is 20.9. The van der Waals surface area contributed by atoms with Crippen LogP contribution in [0, 0.1) is 6.92 Å². The smallest absolute Gasteiger partial charge is 0.238 e. The molecule has 1 unspecified atom stereocenters. The summed E-state index contributed by atoms with van der Waals surface area (Å²) in [5.74, 6) is -0.377. The second kappa shape index (κ2) is 9.19. The van der Waals surface area contributed by atoms with Gasteiger partial charge in [-0.15, -0.1) is 0 Å². The van der Waals surface area contributed by atoms with Crippen LogP contribution in [-0.2, 0) is 27.8 Å². The first kappa shape index (κ1) is 21.0. The summed E-state index contributed by atoms with van der Waals surface area (Å²) >= 11 is 0. The second-order valence-electron chi connectivity index (χ2n) is 7.16. The lowest BCUT2D eigenvalue weighted by Crippen LogP contribution is -2.48. The highest BCUT2D eigenvalue weighted by Gasteiger charge is 2.24. The lowest BCUT2D eigenvalue weighted by molar-refractivity contribution is -0.122. The van der Waals surface area contributed by atoms with Gasteiger partial charge in [0.2, 0.25) is 15.9 Å². The first-order chi connectivity index (χ1) is 13.9. The summed E-state index contributed by atoms with van der Waals surface area (Å²) in [6, 6.07) is 10.7. The average Bonchev–Trinajstić information content (AvgIpc) is 3.15. The van der Waals surface area contributed by atoms with Crippen LogP contribution in [0.25, 0.3) is 11.0 Å². The van der Waals surface area contributed by atoms with Gasteiger partial charge in [0.15, 0.2) is 0 Å². The van der Waals surface area contributed by atoms with Crippen molar-refractivity contribution in [2.24, 2.45) is 0 Å². The number of nitrogens with zero attached hydrogens (tertiary/aromatic N) is 1. The van der Waals surface area contributed by atoms with Crippen LogP contribution in [0.2, 0.25) is 0 Å². The Kier molecular flexibility index (Phi) is 6.66. The molecule has 2 heterocycles. The highest BCUT2D eigenvalue weighted by Crippen LogP contribution is 2.12. The van der Waals surface area contributed by atoms with E-state index in [0.29, 0.717) is 6.42 Å². The Morgan fingerprint density at radius 2 is 1.93 bits per heavy atom. The minimum Gasteiger partial charge on any atom is -0.351 e. The van der Waals surface area contributed by atoms with Crippen molar-refractivity contribution in [2.45, 2.75) is 39.3 Å². The molecule has 8 heteroatoms. The van der Waals surface area contributed by atoms with Crippen LogP contribution in [0.15, 0.2) is 48.8 Å². The number of hydrogen-bond acceptors (Lipinski definition) is 4. The summed E-state index contributed by atoms with van der Waals surface area (Å²) in [6.45, 7) is 4.04. The quantitative estimate of drug-likeness (QED) is 0.500. The van der Waals surface area contributed by atoms with E-state index in [4.69, 9.17) is 0 Å². The predicted molar refractivity (Wildman–Crippen MR) is 114 cm³/mol. The third kappa shape index (κ3) is 5.88. The Hall–Kier alpha value is -2.71. The van der Waals surface area contributed by atoms with Crippen LogP contribution in [0.5, 0.6) is 0 Å². The van der Waals surface area contributed by atoms with Gasteiger partial charge in [-0.1, -0.05) is 36.8 Å². The van der Waals surface area contributed by atoms with Crippen molar-refractivity contribution in [3.8, 4) is 0 Å². The molecule has 0 aliphatic heterocycles. The monoisotopic (exact) mass is 414 g/mol. The molecular weight excluding hydrogens is 388 g/mol. The van der Waals surface area contributed by atoms with E-state index in [1.54, 1.807) is 19.3 Å². The zero-order valence-electron chi connectivity index (χ0n) is 16.6. The van der Waals surface area contributed by atoms with Crippen LogP contribution >= 0.6 is 0 Å². The predicted octanol–water partition coefficient (Wildman–Crippen LogP) is 2.43. The SMILES string of the molecule is CCCS(=O)(=O)NC(Cc1ccc(C)cc1)C(=O)NCc1cnc2[nH]ccc2c1. The Labute approximate surface area is 171 Å². The molecule has 3 aromatic rings. The van der Waals surface area contributed by atoms with E-state index in [-0.39, 0.29) is 24.6 Å². The maximum Gasteiger partial charge on any atom is 0.238 e. The summed E-state index contributed by atoms with van der Waals surface area (Å²) in [6.07, 6.45) is 4.26.